The monoisotopic (exact) mass is 449 g/mol. The van der Waals surface area contributed by atoms with Crippen LogP contribution in [0.5, 0.6) is 5.75 Å². The lowest BCUT2D eigenvalue weighted by molar-refractivity contribution is -0.385. The summed E-state index contributed by atoms with van der Waals surface area (Å²) in [6.45, 7) is 3.98. The zero-order chi connectivity index (χ0) is 23.5. The van der Waals surface area contributed by atoms with Crippen LogP contribution in [-0.4, -0.2) is 34.6 Å². The Bertz CT molecular complexity index is 1360. The second-order valence-electron chi connectivity index (χ2n) is 7.44. The van der Waals surface area contributed by atoms with E-state index < -0.39 is 10.9 Å². The SMILES string of the molecule is CCOC(=O)c1ncc2[nH]c3cccc(OCc4cccc([N+](=O)[O-])c4C)c3c2c1COC. The lowest BCUT2D eigenvalue weighted by atomic mass is 10.0. The summed E-state index contributed by atoms with van der Waals surface area (Å²) in [5.74, 6) is 0.0504. The van der Waals surface area contributed by atoms with Gasteiger partial charge in [-0.1, -0.05) is 18.2 Å². The van der Waals surface area contributed by atoms with Crippen molar-refractivity contribution in [2.75, 3.05) is 13.7 Å². The van der Waals surface area contributed by atoms with E-state index in [0.717, 1.165) is 21.8 Å². The molecule has 0 aliphatic carbocycles. The first-order valence-corrected chi connectivity index (χ1v) is 10.4. The summed E-state index contributed by atoms with van der Waals surface area (Å²) >= 11 is 0. The molecule has 0 aliphatic rings. The van der Waals surface area contributed by atoms with Gasteiger partial charge in [-0.3, -0.25) is 10.1 Å². The summed E-state index contributed by atoms with van der Waals surface area (Å²) in [6.07, 6.45) is 1.59. The van der Waals surface area contributed by atoms with E-state index in [1.54, 1.807) is 39.3 Å². The predicted octanol–water partition coefficient (Wildman–Crippen LogP) is 4.83. The number of fused-ring (bicyclic) bond motifs is 3. The number of H-pyrrole nitrogens is 1. The number of nitrogens with zero attached hydrogens (tertiary/aromatic N) is 2. The van der Waals surface area contributed by atoms with Crippen molar-refractivity contribution < 1.29 is 23.9 Å². The standard InChI is InChI=1S/C24H23N3O6/c1-4-32-24(28)23-16(13-31-3)21-18(11-25-23)26-17-8-6-10-20(22(17)21)33-12-15-7-5-9-19(14(15)2)27(29)30/h5-11,26H,4,12-13H2,1-3H3. The number of hydrogen-bond donors (Lipinski definition) is 1. The molecule has 0 fully saturated rings. The average Bonchev–Trinajstić information content (AvgIpc) is 3.18. The molecule has 4 aromatic rings. The van der Waals surface area contributed by atoms with E-state index >= 15 is 0 Å². The minimum absolute atomic E-state index is 0.0499. The van der Waals surface area contributed by atoms with E-state index in [1.807, 2.05) is 18.2 Å². The van der Waals surface area contributed by atoms with Gasteiger partial charge in [-0.05, 0) is 31.5 Å². The molecule has 0 aliphatic heterocycles. The number of rotatable bonds is 8. The Balaban J connectivity index is 1.83. The highest BCUT2D eigenvalue weighted by Gasteiger charge is 2.22. The molecule has 4 rings (SSSR count). The minimum Gasteiger partial charge on any atom is -0.488 e. The molecular formula is C24H23N3O6. The molecule has 9 heteroatoms. The van der Waals surface area contributed by atoms with Gasteiger partial charge in [-0.2, -0.15) is 0 Å². The zero-order valence-corrected chi connectivity index (χ0v) is 18.5. The number of nitro groups is 1. The fourth-order valence-electron chi connectivity index (χ4n) is 3.93. The van der Waals surface area contributed by atoms with Crippen LogP contribution in [0.25, 0.3) is 21.8 Å². The molecule has 2 aromatic carbocycles. The van der Waals surface area contributed by atoms with E-state index in [0.29, 0.717) is 22.4 Å². The van der Waals surface area contributed by atoms with Gasteiger partial charge in [-0.15, -0.1) is 0 Å². The van der Waals surface area contributed by atoms with Crippen LogP contribution in [0.4, 0.5) is 5.69 Å². The number of esters is 1. The Morgan fingerprint density at radius 1 is 1.12 bits per heavy atom. The van der Waals surface area contributed by atoms with Crippen LogP contribution in [0.2, 0.25) is 0 Å². The van der Waals surface area contributed by atoms with Crippen LogP contribution in [0.3, 0.4) is 0 Å². The molecule has 0 spiro atoms. The van der Waals surface area contributed by atoms with Gasteiger partial charge in [0.05, 0.1) is 35.4 Å². The second kappa shape index (κ2) is 9.25. The Morgan fingerprint density at radius 3 is 2.64 bits per heavy atom. The van der Waals surface area contributed by atoms with Gasteiger partial charge in [0.1, 0.15) is 12.4 Å². The van der Waals surface area contributed by atoms with Crippen molar-refractivity contribution in [3.05, 3.63) is 75.1 Å². The van der Waals surface area contributed by atoms with E-state index in [4.69, 9.17) is 14.2 Å². The lowest BCUT2D eigenvalue weighted by Crippen LogP contribution is -2.11. The molecule has 0 saturated carbocycles. The fraction of sp³-hybridized carbons (Fsp3) is 0.250. The van der Waals surface area contributed by atoms with E-state index in [9.17, 15) is 14.9 Å². The number of carbonyl (C=O) groups is 1. The highest BCUT2D eigenvalue weighted by Crippen LogP contribution is 2.37. The van der Waals surface area contributed by atoms with Crippen molar-refractivity contribution in [1.82, 2.24) is 9.97 Å². The lowest BCUT2D eigenvalue weighted by Gasteiger charge is -2.12. The molecule has 0 unspecified atom stereocenters. The fourth-order valence-corrected chi connectivity index (χ4v) is 3.93. The topological polar surface area (TPSA) is 117 Å². The second-order valence-corrected chi connectivity index (χ2v) is 7.44. The van der Waals surface area contributed by atoms with Crippen molar-refractivity contribution in [3.8, 4) is 5.75 Å². The molecule has 170 valence electrons. The summed E-state index contributed by atoms with van der Waals surface area (Å²) in [4.78, 5) is 31.0. The number of hydrogen-bond acceptors (Lipinski definition) is 7. The van der Waals surface area contributed by atoms with Crippen LogP contribution in [0.1, 0.15) is 34.1 Å². The molecule has 0 atom stereocenters. The summed E-state index contributed by atoms with van der Waals surface area (Å²) in [6, 6.07) is 10.5. The number of aromatic amines is 1. The molecule has 2 heterocycles. The first kappa shape index (κ1) is 22.2. The maximum atomic E-state index is 12.5. The first-order chi connectivity index (χ1) is 16.0. The number of pyridine rings is 1. The highest BCUT2D eigenvalue weighted by molar-refractivity contribution is 6.13. The smallest absolute Gasteiger partial charge is 0.357 e. The third kappa shape index (κ3) is 4.10. The molecular weight excluding hydrogens is 426 g/mol. The summed E-state index contributed by atoms with van der Waals surface area (Å²) in [7, 11) is 1.55. The van der Waals surface area contributed by atoms with Crippen LogP contribution in [-0.2, 0) is 22.7 Å². The van der Waals surface area contributed by atoms with Crippen LogP contribution >= 0.6 is 0 Å². The number of carbonyl (C=O) groups excluding carboxylic acids is 1. The average molecular weight is 449 g/mol. The van der Waals surface area contributed by atoms with Gasteiger partial charge in [0.2, 0.25) is 0 Å². The molecule has 1 N–H and O–H groups in total. The number of methoxy groups -OCH3 is 1. The van der Waals surface area contributed by atoms with Crippen molar-refractivity contribution in [3.63, 3.8) is 0 Å². The van der Waals surface area contributed by atoms with Gasteiger partial charge in [0.15, 0.2) is 5.69 Å². The van der Waals surface area contributed by atoms with Gasteiger partial charge in [-0.25, -0.2) is 9.78 Å². The number of ether oxygens (including phenoxy) is 3. The van der Waals surface area contributed by atoms with Crippen molar-refractivity contribution >= 4 is 33.5 Å². The summed E-state index contributed by atoms with van der Waals surface area (Å²) in [5, 5.41) is 12.8. The summed E-state index contributed by atoms with van der Waals surface area (Å²) in [5.41, 5.74) is 3.65. The molecule has 9 nitrogen and oxygen atoms in total. The van der Waals surface area contributed by atoms with Crippen LogP contribution < -0.4 is 4.74 Å². The highest BCUT2D eigenvalue weighted by atomic mass is 16.6. The maximum absolute atomic E-state index is 12.5. The van der Waals surface area contributed by atoms with Crippen molar-refractivity contribution in [2.24, 2.45) is 0 Å². The Morgan fingerprint density at radius 2 is 1.91 bits per heavy atom. The number of nitrogens with one attached hydrogen (secondary N) is 1. The number of aromatic nitrogens is 2. The molecule has 2 aromatic heterocycles. The molecule has 0 amide bonds. The molecule has 33 heavy (non-hydrogen) atoms. The predicted molar refractivity (Wildman–Crippen MR) is 122 cm³/mol. The zero-order valence-electron chi connectivity index (χ0n) is 18.5. The molecule has 0 saturated heterocycles. The molecule has 0 radical (unpaired) electrons. The molecule has 0 bridgehead atoms. The van der Waals surface area contributed by atoms with Gasteiger partial charge in [0.25, 0.3) is 5.69 Å². The third-order valence-electron chi connectivity index (χ3n) is 5.48. The van der Waals surface area contributed by atoms with Crippen molar-refractivity contribution in [2.45, 2.75) is 27.1 Å². The Kier molecular flexibility index (Phi) is 6.23. The normalized spacial score (nSPS) is 11.1. The Hall–Kier alpha value is -3.98. The first-order valence-electron chi connectivity index (χ1n) is 10.4. The van der Waals surface area contributed by atoms with E-state index in [1.165, 1.54) is 6.07 Å². The van der Waals surface area contributed by atoms with Gasteiger partial charge in [0, 0.05) is 35.1 Å². The number of nitro benzene ring substituents is 1. The van der Waals surface area contributed by atoms with Crippen LogP contribution in [0, 0.1) is 17.0 Å². The van der Waals surface area contributed by atoms with Gasteiger partial charge < -0.3 is 19.2 Å². The van der Waals surface area contributed by atoms with Crippen LogP contribution in [0.15, 0.2) is 42.6 Å². The largest absolute Gasteiger partial charge is 0.488 e. The van der Waals surface area contributed by atoms with Crippen molar-refractivity contribution in [1.29, 1.82) is 0 Å². The van der Waals surface area contributed by atoms with E-state index in [-0.39, 0.29) is 31.2 Å². The number of benzene rings is 2. The maximum Gasteiger partial charge on any atom is 0.357 e. The summed E-state index contributed by atoms with van der Waals surface area (Å²) < 4.78 is 16.7. The third-order valence-corrected chi connectivity index (χ3v) is 5.48. The van der Waals surface area contributed by atoms with E-state index in [2.05, 4.69) is 9.97 Å². The minimum atomic E-state index is -0.522. The van der Waals surface area contributed by atoms with Gasteiger partial charge >= 0.3 is 5.97 Å². The quantitative estimate of drug-likeness (QED) is 0.232. The Labute approximate surface area is 189 Å².